The number of nitrogens with zero attached hydrogens (tertiary/aromatic N) is 2. The summed E-state index contributed by atoms with van der Waals surface area (Å²) in [5.41, 5.74) is 0.693. The molecular formula is C28H26N2O6S2. The Morgan fingerprint density at radius 2 is 1.24 bits per heavy atom. The van der Waals surface area contributed by atoms with E-state index in [-0.39, 0.29) is 31.8 Å². The maximum Gasteiger partial charge on any atom is 0.340 e. The number of hydrogen-bond acceptors (Lipinski definition) is 6. The first-order chi connectivity index (χ1) is 17.8. The number of aryl methyl sites for hydroxylation is 1. The highest BCUT2D eigenvalue weighted by atomic mass is 32.2. The van der Waals surface area contributed by atoms with Gasteiger partial charge in [0, 0.05) is 23.2 Å². The van der Waals surface area contributed by atoms with E-state index in [1.54, 1.807) is 81.4 Å². The number of ether oxygens (including phenoxy) is 1. The van der Waals surface area contributed by atoms with Gasteiger partial charge < -0.3 is 4.74 Å². The third-order valence-electron chi connectivity index (χ3n) is 6.05. The van der Waals surface area contributed by atoms with E-state index in [0.717, 1.165) is 19.7 Å². The summed E-state index contributed by atoms with van der Waals surface area (Å²) < 4.78 is 62.9. The Morgan fingerprint density at radius 3 is 1.84 bits per heavy atom. The van der Waals surface area contributed by atoms with Crippen molar-refractivity contribution in [1.29, 1.82) is 0 Å². The Hall–Kier alpha value is -3.89. The van der Waals surface area contributed by atoms with Gasteiger partial charge in [0.25, 0.3) is 20.0 Å². The van der Waals surface area contributed by atoms with E-state index in [2.05, 4.69) is 0 Å². The van der Waals surface area contributed by atoms with Crippen molar-refractivity contribution < 1.29 is 26.4 Å². The lowest BCUT2D eigenvalue weighted by Gasteiger charge is -2.19. The predicted octanol–water partition coefficient (Wildman–Crippen LogP) is 5.33. The molecular weight excluding hydrogens is 524 g/mol. The molecule has 0 bridgehead atoms. The maximum atomic E-state index is 14.1. The molecule has 10 heteroatoms. The lowest BCUT2D eigenvalue weighted by atomic mass is 10.1. The summed E-state index contributed by atoms with van der Waals surface area (Å²) in [6.45, 7) is 7.03. The fourth-order valence-corrected chi connectivity index (χ4v) is 7.30. The van der Waals surface area contributed by atoms with Crippen LogP contribution in [0, 0.1) is 6.92 Å². The summed E-state index contributed by atoms with van der Waals surface area (Å²) in [6, 6.07) is 19.3. The second-order valence-corrected chi connectivity index (χ2v) is 13.6. The van der Waals surface area contributed by atoms with E-state index in [0.29, 0.717) is 5.39 Å². The van der Waals surface area contributed by atoms with Crippen LogP contribution in [0.1, 0.15) is 36.7 Å². The van der Waals surface area contributed by atoms with Gasteiger partial charge >= 0.3 is 5.97 Å². The minimum atomic E-state index is -4.35. The molecule has 0 aliphatic heterocycles. The van der Waals surface area contributed by atoms with Crippen molar-refractivity contribution in [2.24, 2.45) is 0 Å². The van der Waals surface area contributed by atoms with Crippen LogP contribution in [0.15, 0.2) is 95.0 Å². The van der Waals surface area contributed by atoms with Gasteiger partial charge in [0.2, 0.25) is 0 Å². The highest BCUT2D eigenvalue weighted by molar-refractivity contribution is 7.91. The number of carbonyl (C=O) groups is 1. The molecule has 0 spiro atoms. The van der Waals surface area contributed by atoms with Crippen LogP contribution in [-0.4, -0.2) is 36.4 Å². The minimum Gasteiger partial charge on any atom is -0.456 e. The molecule has 0 atom stereocenters. The third kappa shape index (κ3) is 4.29. The number of aromatic nitrogens is 2. The Balaban J connectivity index is 1.73. The molecule has 0 radical (unpaired) electrons. The molecule has 5 aromatic rings. The van der Waals surface area contributed by atoms with Crippen molar-refractivity contribution in [3.63, 3.8) is 0 Å². The second-order valence-electron chi connectivity index (χ2n) is 9.99. The van der Waals surface area contributed by atoms with Crippen molar-refractivity contribution in [2.75, 3.05) is 0 Å². The van der Waals surface area contributed by atoms with Crippen molar-refractivity contribution in [1.82, 2.24) is 7.94 Å². The molecule has 2 heterocycles. The molecule has 0 saturated carbocycles. The molecule has 0 N–H and O–H groups in total. The van der Waals surface area contributed by atoms with Gasteiger partial charge in [-0.1, -0.05) is 54.1 Å². The fourth-order valence-electron chi connectivity index (χ4n) is 4.30. The number of benzene rings is 3. The first-order valence-corrected chi connectivity index (χ1v) is 14.7. The Labute approximate surface area is 221 Å². The first kappa shape index (κ1) is 25.7. The van der Waals surface area contributed by atoms with Crippen LogP contribution >= 0.6 is 0 Å². The third-order valence-corrected chi connectivity index (χ3v) is 9.44. The van der Waals surface area contributed by atoms with Crippen molar-refractivity contribution in [2.45, 2.75) is 43.1 Å². The van der Waals surface area contributed by atoms with Gasteiger partial charge in [0.15, 0.2) is 0 Å². The average Bonchev–Trinajstić information content (AvgIpc) is 3.44. The zero-order valence-corrected chi connectivity index (χ0v) is 22.9. The van der Waals surface area contributed by atoms with E-state index in [9.17, 15) is 21.6 Å². The van der Waals surface area contributed by atoms with Crippen LogP contribution in [0.25, 0.3) is 21.8 Å². The number of esters is 1. The SMILES string of the molecule is Cc1ccc(S(=O)(=O)n2cc(S(=O)(=O)n3cc(C(=O)OC(C)(C)C)c4ccccc43)c3ccccc32)cc1. The largest absolute Gasteiger partial charge is 0.456 e. The van der Waals surface area contributed by atoms with Crippen LogP contribution < -0.4 is 0 Å². The Morgan fingerprint density at radius 1 is 0.711 bits per heavy atom. The highest BCUT2D eigenvalue weighted by Crippen LogP contribution is 2.33. The quantitative estimate of drug-likeness (QED) is 0.274. The normalized spacial score (nSPS) is 12.7. The number of para-hydroxylation sites is 2. The molecule has 5 rings (SSSR count). The van der Waals surface area contributed by atoms with Crippen molar-refractivity contribution in [3.8, 4) is 0 Å². The lowest BCUT2D eigenvalue weighted by Crippen LogP contribution is -2.23. The molecule has 0 aliphatic rings. The Bertz CT molecular complexity index is 1930. The highest BCUT2D eigenvalue weighted by Gasteiger charge is 2.31. The zero-order chi connectivity index (χ0) is 27.5. The van der Waals surface area contributed by atoms with Gasteiger partial charge in [-0.3, -0.25) is 0 Å². The van der Waals surface area contributed by atoms with E-state index in [1.807, 2.05) is 6.92 Å². The van der Waals surface area contributed by atoms with Gasteiger partial charge in [0.05, 0.1) is 21.5 Å². The summed E-state index contributed by atoms with van der Waals surface area (Å²) >= 11 is 0. The van der Waals surface area contributed by atoms with E-state index in [1.165, 1.54) is 18.3 Å². The summed E-state index contributed by atoms with van der Waals surface area (Å²) in [5.74, 6) is -0.660. The van der Waals surface area contributed by atoms with Crippen LogP contribution in [0.5, 0.6) is 0 Å². The molecule has 3 aromatic carbocycles. The smallest absolute Gasteiger partial charge is 0.340 e. The zero-order valence-electron chi connectivity index (χ0n) is 21.2. The molecule has 8 nitrogen and oxygen atoms in total. The van der Waals surface area contributed by atoms with Crippen LogP contribution in [0.4, 0.5) is 0 Å². The van der Waals surface area contributed by atoms with Gasteiger partial charge in [-0.05, 0) is 52.0 Å². The summed E-state index contributed by atoms with van der Waals surface area (Å²) in [5, 5.41) is 0.640. The van der Waals surface area contributed by atoms with Crippen molar-refractivity contribution >= 4 is 47.8 Å². The van der Waals surface area contributed by atoms with E-state index >= 15 is 0 Å². The Kier molecular flexibility index (Phi) is 6.00. The monoisotopic (exact) mass is 550 g/mol. The average molecular weight is 551 g/mol. The van der Waals surface area contributed by atoms with Crippen LogP contribution in [0.2, 0.25) is 0 Å². The number of fused-ring (bicyclic) bond motifs is 2. The van der Waals surface area contributed by atoms with Crippen molar-refractivity contribution in [3.05, 3.63) is 96.3 Å². The number of carbonyl (C=O) groups excluding carboxylic acids is 1. The van der Waals surface area contributed by atoms with Gasteiger partial charge in [-0.2, -0.15) is 0 Å². The predicted molar refractivity (Wildman–Crippen MR) is 145 cm³/mol. The fraction of sp³-hybridized carbons (Fsp3) is 0.179. The molecule has 0 saturated heterocycles. The number of hydrogen-bond donors (Lipinski definition) is 0. The summed E-state index contributed by atoms with van der Waals surface area (Å²) in [4.78, 5) is 12.8. The minimum absolute atomic E-state index is 0.0337. The number of rotatable bonds is 5. The standard InChI is InChI=1S/C28H26N2O6S2/c1-19-13-15-20(16-14-19)37(32,33)30-18-26(22-10-6-8-12-25(22)30)38(34,35)29-17-23(27(31)36-28(2,3)4)21-9-5-7-11-24(21)29/h5-18H,1-4H3. The first-order valence-electron chi connectivity index (χ1n) is 11.8. The van der Waals surface area contributed by atoms with Gasteiger partial charge in [0.1, 0.15) is 10.5 Å². The lowest BCUT2D eigenvalue weighted by molar-refractivity contribution is 0.00718. The van der Waals surface area contributed by atoms with Gasteiger partial charge in [-0.15, -0.1) is 0 Å². The molecule has 38 heavy (non-hydrogen) atoms. The molecule has 2 aromatic heterocycles. The van der Waals surface area contributed by atoms with Crippen LogP contribution in [-0.2, 0) is 24.8 Å². The maximum absolute atomic E-state index is 14.1. The van der Waals surface area contributed by atoms with E-state index in [4.69, 9.17) is 4.74 Å². The summed E-state index contributed by atoms with van der Waals surface area (Å²) in [7, 11) is -8.46. The van der Waals surface area contributed by atoms with E-state index < -0.39 is 31.6 Å². The molecule has 0 aliphatic carbocycles. The molecule has 0 amide bonds. The van der Waals surface area contributed by atoms with Crippen LogP contribution in [0.3, 0.4) is 0 Å². The molecule has 196 valence electrons. The molecule has 0 fully saturated rings. The summed E-state index contributed by atoms with van der Waals surface area (Å²) in [6.07, 6.45) is 2.35. The molecule has 0 unspecified atom stereocenters. The van der Waals surface area contributed by atoms with Gasteiger partial charge in [-0.25, -0.2) is 29.6 Å². The topological polar surface area (TPSA) is 104 Å². The second kappa shape index (κ2) is 8.85.